The fraction of sp³-hybridized carbons (Fsp3) is 0.517. The highest BCUT2D eigenvalue weighted by atomic mass is 35.5. The second-order valence-electron chi connectivity index (χ2n) is 10.4. The van der Waals surface area contributed by atoms with Crippen LogP contribution in [0.3, 0.4) is 0 Å². The molecule has 1 N–H and O–H groups in total. The minimum absolute atomic E-state index is 0.0174. The number of benzene rings is 1. The molecule has 3 aliphatic rings. The number of fused-ring (bicyclic) bond motifs is 1. The molecule has 1 saturated heterocycles. The van der Waals surface area contributed by atoms with E-state index >= 15 is 0 Å². The fourth-order valence-corrected chi connectivity index (χ4v) is 6.50. The average molecular weight is 539 g/mol. The van der Waals surface area contributed by atoms with Gasteiger partial charge < -0.3 is 19.9 Å². The van der Waals surface area contributed by atoms with Crippen LogP contribution in [0.5, 0.6) is 5.75 Å². The molecule has 1 aromatic heterocycles. The quantitative estimate of drug-likeness (QED) is 0.577. The number of likely N-dealkylation sites (tertiary alicyclic amines) is 1. The van der Waals surface area contributed by atoms with Crippen molar-refractivity contribution in [2.24, 2.45) is 11.8 Å². The molecule has 202 valence electrons. The summed E-state index contributed by atoms with van der Waals surface area (Å²) in [5.74, 6) is -0.0560. The summed E-state index contributed by atoms with van der Waals surface area (Å²) in [5, 5.41) is 3.39. The summed E-state index contributed by atoms with van der Waals surface area (Å²) in [4.78, 5) is 47.7. The number of halogens is 1. The van der Waals surface area contributed by atoms with Crippen LogP contribution in [-0.4, -0.2) is 59.2 Å². The predicted molar refractivity (Wildman–Crippen MR) is 144 cm³/mol. The number of carbonyl (C=O) groups excluding carboxylic acids is 3. The van der Waals surface area contributed by atoms with E-state index in [-0.39, 0.29) is 36.2 Å². The Morgan fingerprint density at radius 2 is 1.89 bits per heavy atom. The molecule has 1 saturated carbocycles. The number of pyridine rings is 1. The number of carbonyl (C=O) groups is 3. The maximum atomic E-state index is 14.2. The largest absolute Gasteiger partial charge is 0.487 e. The molecule has 1 aromatic carbocycles. The SMILES string of the molecule is CNC(=O)[C@@H]1CCCCC1C(=O)N1CCc2c(Cl)ccc(OCc3ccccn3)c2[C@H]1CN1CCCC1=O. The average Bonchev–Trinajstić information content (AvgIpc) is 3.36. The first-order valence-electron chi connectivity index (χ1n) is 13.6. The molecule has 2 aliphatic heterocycles. The molecule has 3 heterocycles. The lowest BCUT2D eigenvalue weighted by atomic mass is 9.77. The van der Waals surface area contributed by atoms with E-state index in [2.05, 4.69) is 10.3 Å². The van der Waals surface area contributed by atoms with Gasteiger partial charge in [0.2, 0.25) is 17.7 Å². The van der Waals surface area contributed by atoms with Gasteiger partial charge in [-0.25, -0.2) is 0 Å². The summed E-state index contributed by atoms with van der Waals surface area (Å²) < 4.78 is 6.29. The molecule has 0 spiro atoms. The number of nitrogens with one attached hydrogen (secondary N) is 1. The molecule has 1 aliphatic carbocycles. The van der Waals surface area contributed by atoms with Crippen LogP contribution in [-0.2, 0) is 27.4 Å². The van der Waals surface area contributed by atoms with Crippen LogP contribution in [0.25, 0.3) is 0 Å². The minimum atomic E-state index is -0.405. The summed E-state index contributed by atoms with van der Waals surface area (Å²) in [7, 11) is 1.63. The number of hydrogen-bond donors (Lipinski definition) is 1. The molecule has 1 unspecified atom stereocenters. The van der Waals surface area contributed by atoms with Crippen molar-refractivity contribution in [2.45, 2.75) is 57.6 Å². The Labute approximate surface area is 228 Å². The van der Waals surface area contributed by atoms with Crippen LogP contribution in [0.15, 0.2) is 36.5 Å². The van der Waals surface area contributed by atoms with Gasteiger partial charge in [0.1, 0.15) is 12.4 Å². The van der Waals surface area contributed by atoms with Crippen molar-refractivity contribution in [1.29, 1.82) is 0 Å². The van der Waals surface area contributed by atoms with Crippen LogP contribution in [0.1, 0.15) is 61.4 Å². The van der Waals surface area contributed by atoms with E-state index in [4.69, 9.17) is 16.3 Å². The number of hydrogen-bond acceptors (Lipinski definition) is 5. The van der Waals surface area contributed by atoms with Crippen LogP contribution in [0.2, 0.25) is 5.02 Å². The highest BCUT2D eigenvalue weighted by Crippen LogP contribution is 2.43. The summed E-state index contributed by atoms with van der Waals surface area (Å²) in [5.41, 5.74) is 2.61. The van der Waals surface area contributed by atoms with Crippen molar-refractivity contribution in [3.05, 3.63) is 58.4 Å². The smallest absolute Gasteiger partial charge is 0.227 e. The van der Waals surface area contributed by atoms with Crippen LogP contribution in [0.4, 0.5) is 0 Å². The first kappa shape index (κ1) is 26.5. The summed E-state index contributed by atoms with van der Waals surface area (Å²) in [6.45, 7) is 1.81. The maximum absolute atomic E-state index is 14.2. The third-order valence-electron chi connectivity index (χ3n) is 8.19. The van der Waals surface area contributed by atoms with Gasteiger partial charge in [-0.15, -0.1) is 0 Å². The molecule has 38 heavy (non-hydrogen) atoms. The molecular formula is C29H35ClN4O4. The molecule has 8 nitrogen and oxygen atoms in total. The van der Waals surface area contributed by atoms with Crippen molar-refractivity contribution < 1.29 is 19.1 Å². The third-order valence-corrected chi connectivity index (χ3v) is 8.54. The van der Waals surface area contributed by atoms with E-state index in [1.54, 1.807) is 13.2 Å². The molecule has 0 bridgehead atoms. The van der Waals surface area contributed by atoms with Gasteiger partial charge in [-0.1, -0.05) is 30.5 Å². The van der Waals surface area contributed by atoms with E-state index < -0.39 is 6.04 Å². The number of nitrogens with zero attached hydrogens (tertiary/aromatic N) is 3. The van der Waals surface area contributed by atoms with E-state index in [0.29, 0.717) is 56.1 Å². The van der Waals surface area contributed by atoms with Crippen molar-refractivity contribution in [3.63, 3.8) is 0 Å². The van der Waals surface area contributed by atoms with Gasteiger partial charge >= 0.3 is 0 Å². The lowest BCUT2D eigenvalue weighted by Gasteiger charge is -2.43. The Morgan fingerprint density at radius 3 is 2.61 bits per heavy atom. The van der Waals surface area contributed by atoms with Gasteiger partial charge in [0, 0.05) is 61.7 Å². The molecule has 5 rings (SSSR count). The maximum Gasteiger partial charge on any atom is 0.227 e. The standard InChI is InChI=1S/C29H35ClN4O4/c1-31-28(36)20-8-2-3-9-21(20)29(37)34-16-13-22-23(30)11-12-25(38-18-19-7-4-5-14-32-19)27(22)24(34)17-33-15-6-10-26(33)35/h4-5,7,11-12,14,20-21,24H,2-3,6,8-10,13,15-18H2,1H3,(H,31,36)/t20-,21?,24-/m1/s1. The van der Waals surface area contributed by atoms with Gasteiger partial charge in [-0.3, -0.25) is 19.4 Å². The zero-order valence-electron chi connectivity index (χ0n) is 21.8. The summed E-state index contributed by atoms with van der Waals surface area (Å²) >= 11 is 6.70. The van der Waals surface area contributed by atoms with Crippen molar-refractivity contribution in [2.75, 3.05) is 26.7 Å². The first-order valence-corrected chi connectivity index (χ1v) is 14.0. The first-order chi connectivity index (χ1) is 18.5. The van der Waals surface area contributed by atoms with Gasteiger partial charge in [-0.2, -0.15) is 0 Å². The molecule has 0 radical (unpaired) electrons. The zero-order chi connectivity index (χ0) is 26.6. The van der Waals surface area contributed by atoms with Crippen LogP contribution in [0, 0.1) is 11.8 Å². The Kier molecular flexibility index (Phi) is 8.17. The Balaban J connectivity index is 1.51. The lowest BCUT2D eigenvalue weighted by Crippen LogP contribution is -2.50. The van der Waals surface area contributed by atoms with E-state index in [1.165, 1.54) is 0 Å². The normalized spacial score (nSPS) is 23.2. The molecule has 3 atom stereocenters. The van der Waals surface area contributed by atoms with Gasteiger partial charge in [0.25, 0.3) is 0 Å². The summed E-state index contributed by atoms with van der Waals surface area (Å²) in [6.07, 6.45) is 6.91. The monoisotopic (exact) mass is 538 g/mol. The van der Waals surface area contributed by atoms with Crippen molar-refractivity contribution >= 4 is 29.3 Å². The number of ether oxygens (including phenoxy) is 1. The van der Waals surface area contributed by atoms with E-state index in [1.807, 2.05) is 40.1 Å². The van der Waals surface area contributed by atoms with E-state index in [0.717, 1.165) is 36.1 Å². The predicted octanol–water partition coefficient (Wildman–Crippen LogP) is 3.91. The van der Waals surface area contributed by atoms with Gasteiger partial charge in [-0.05, 0) is 55.5 Å². The number of amides is 3. The molecule has 2 fully saturated rings. The Morgan fingerprint density at radius 1 is 1.08 bits per heavy atom. The lowest BCUT2D eigenvalue weighted by molar-refractivity contribution is -0.147. The summed E-state index contributed by atoms with van der Waals surface area (Å²) in [6, 6.07) is 8.96. The molecule has 2 aromatic rings. The molecule has 9 heteroatoms. The topological polar surface area (TPSA) is 91.8 Å². The Bertz CT molecular complexity index is 1190. The van der Waals surface area contributed by atoms with E-state index in [9.17, 15) is 14.4 Å². The van der Waals surface area contributed by atoms with Crippen molar-refractivity contribution in [1.82, 2.24) is 20.1 Å². The third kappa shape index (κ3) is 5.37. The molecular weight excluding hydrogens is 504 g/mol. The van der Waals surface area contributed by atoms with Gasteiger partial charge in [0.15, 0.2) is 0 Å². The zero-order valence-corrected chi connectivity index (χ0v) is 22.6. The second kappa shape index (κ2) is 11.7. The Hall–Kier alpha value is -3.13. The fourth-order valence-electron chi connectivity index (χ4n) is 6.24. The van der Waals surface area contributed by atoms with Gasteiger partial charge in [0.05, 0.1) is 11.7 Å². The highest BCUT2D eigenvalue weighted by Gasteiger charge is 2.43. The molecule has 3 amide bonds. The minimum Gasteiger partial charge on any atom is -0.487 e. The second-order valence-corrected chi connectivity index (χ2v) is 10.8. The number of aromatic nitrogens is 1. The highest BCUT2D eigenvalue weighted by molar-refractivity contribution is 6.31. The number of rotatable bonds is 7. The van der Waals surface area contributed by atoms with Crippen molar-refractivity contribution in [3.8, 4) is 5.75 Å². The van der Waals surface area contributed by atoms with Crippen LogP contribution < -0.4 is 10.1 Å². The van der Waals surface area contributed by atoms with Crippen LogP contribution >= 0.6 is 11.6 Å².